The van der Waals surface area contributed by atoms with Crippen molar-refractivity contribution >= 4 is 27.5 Å². The molecule has 0 aromatic heterocycles. The van der Waals surface area contributed by atoms with Gasteiger partial charge in [0.1, 0.15) is 5.75 Å². The lowest BCUT2D eigenvalue weighted by Gasteiger charge is -2.22. The zero-order valence-corrected chi connectivity index (χ0v) is 14.5. The SMILES string of the molecule is COc1c(C(NN)c2ccc(Cl)c(Br)c2)ccc(C)c1C. The Morgan fingerprint density at radius 2 is 1.95 bits per heavy atom. The van der Waals surface area contributed by atoms with Crippen molar-refractivity contribution in [2.24, 2.45) is 5.84 Å². The molecule has 0 fully saturated rings. The van der Waals surface area contributed by atoms with Gasteiger partial charge in [0, 0.05) is 10.0 Å². The highest BCUT2D eigenvalue weighted by atomic mass is 79.9. The number of halogens is 2. The number of methoxy groups -OCH3 is 1. The summed E-state index contributed by atoms with van der Waals surface area (Å²) in [6, 6.07) is 9.69. The highest BCUT2D eigenvalue weighted by Gasteiger charge is 2.19. The van der Waals surface area contributed by atoms with Gasteiger partial charge in [-0.05, 0) is 58.6 Å². The average Bonchev–Trinajstić information content (AvgIpc) is 2.47. The highest BCUT2D eigenvalue weighted by Crippen LogP contribution is 2.35. The molecular weight excluding hydrogens is 352 g/mol. The van der Waals surface area contributed by atoms with Gasteiger partial charge in [0.05, 0.1) is 18.2 Å². The fourth-order valence-electron chi connectivity index (χ4n) is 2.37. The fourth-order valence-corrected chi connectivity index (χ4v) is 2.88. The molecule has 0 saturated heterocycles. The summed E-state index contributed by atoms with van der Waals surface area (Å²) >= 11 is 9.50. The summed E-state index contributed by atoms with van der Waals surface area (Å²) in [5.41, 5.74) is 7.16. The third-order valence-corrected chi connectivity index (χ3v) is 4.88. The van der Waals surface area contributed by atoms with Crippen LogP contribution < -0.4 is 16.0 Å². The van der Waals surface area contributed by atoms with Gasteiger partial charge in [-0.3, -0.25) is 5.84 Å². The van der Waals surface area contributed by atoms with Crippen molar-refractivity contribution in [3.8, 4) is 5.75 Å². The molecule has 0 radical (unpaired) electrons. The van der Waals surface area contributed by atoms with Crippen LogP contribution in [0.3, 0.4) is 0 Å². The lowest BCUT2D eigenvalue weighted by Crippen LogP contribution is -2.29. The Morgan fingerprint density at radius 3 is 2.52 bits per heavy atom. The standard InChI is InChI=1S/C16H18BrClN2O/c1-9-4-6-12(16(21-3)10(9)2)15(20-19)11-5-7-14(18)13(17)8-11/h4-8,15,20H,19H2,1-3H3. The first kappa shape index (κ1) is 16.3. The van der Waals surface area contributed by atoms with E-state index in [0.29, 0.717) is 5.02 Å². The van der Waals surface area contributed by atoms with Crippen molar-refractivity contribution in [1.82, 2.24) is 5.43 Å². The molecule has 2 rings (SSSR count). The van der Waals surface area contributed by atoms with Crippen LogP contribution in [0.2, 0.25) is 5.02 Å². The zero-order valence-electron chi connectivity index (χ0n) is 12.2. The quantitative estimate of drug-likeness (QED) is 0.624. The van der Waals surface area contributed by atoms with Gasteiger partial charge in [-0.1, -0.05) is 29.8 Å². The minimum atomic E-state index is -0.173. The summed E-state index contributed by atoms with van der Waals surface area (Å²) in [4.78, 5) is 0. The van der Waals surface area contributed by atoms with Crippen molar-refractivity contribution < 1.29 is 4.74 Å². The Balaban J connectivity index is 2.56. The summed E-state index contributed by atoms with van der Waals surface area (Å²) in [6.07, 6.45) is 0. The van der Waals surface area contributed by atoms with Crippen LogP contribution in [0.15, 0.2) is 34.8 Å². The van der Waals surface area contributed by atoms with E-state index in [9.17, 15) is 0 Å². The number of hydrogen-bond donors (Lipinski definition) is 2. The van der Waals surface area contributed by atoms with Gasteiger partial charge >= 0.3 is 0 Å². The topological polar surface area (TPSA) is 47.3 Å². The monoisotopic (exact) mass is 368 g/mol. The third-order valence-electron chi connectivity index (χ3n) is 3.67. The normalized spacial score (nSPS) is 12.3. The van der Waals surface area contributed by atoms with E-state index in [1.54, 1.807) is 7.11 Å². The molecule has 0 aliphatic rings. The summed E-state index contributed by atoms with van der Waals surface area (Å²) in [5.74, 6) is 6.63. The van der Waals surface area contributed by atoms with E-state index in [1.165, 1.54) is 5.56 Å². The molecule has 0 amide bonds. The maximum Gasteiger partial charge on any atom is 0.127 e. The van der Waals surface area contributed by atoms with Crippen molar-refractivity contribution in [3.05, 3.63) is 62.1 Å². The number of nitrogens with one attached hydrogen (secondary N) is 1. The Bertz CT molecular complexity index is 661. The van der Waals surface area contributed by atoms with Crippen molar-refractivity contribution in [2.45, 2.75) is 19.9 Å². The molecule has 0 spiro atoms. The molecule has 5 heteroatoms. The van der Waals surface area contributed by atoms with Crippen LogP contribution in [-0.2, 0) is 0 Å². The minimum Gasteiger partial charge on any atom is -0.496 e. The second-order valence-corrected chi connectivity index (χ2v) is 6.16. The Kier molecular flexibility index (Phi) is 5.27. The number of rotatable bonds is 4. The fraction of sp³-hybridized carbons (Fsp3) is 0.250. The summed E-state index contributed by atoms with van der Waals surface area (Å²) in [7, 11) is 1.68. The maximum absolute atomic E-state index is 6.06. The summed E-state index contributed by atoms with van der Waals surface area (Å²) in [5, 5.41) is 0.668. The highest BCUT2D eigenvalue weighted by molar-refractivity contribution is 9.10. The lowest BCUT2D eigenvalue weighted by molar-refractivity contribution is 0.400. The van der Waals surface area contributed by atoms with Gasteiger partial charge < -0.3 is 4.74 Å². The van der Waals surface area contributed by atoms with Crippen LogP contribution in [0.1, 0.15) is 28.3 Å². The van der Waals surface area contributed by atoms with Gasteiger partial charge in [0.2, 0.25) is 0 Å². The maximum atomic E-state index is 6.06. The van der Waals surface area contributed by atoms with Gasteiger partial charge in [-0.25, -0.2) is 5.43 Å². The average molecular weight is 370 g/mol. The zero-order chi connectivity index (χ0) is 15.6. The molecule has 0 aliphatic carbocycles. The van der Waals surface area contributed by atoms with E-state index in [4.69, 9.17) is 22.2 Å². The molecule has 0 saturated carbocycles. The van der Waals surface area contributed by atoms with E-state index in [1.807, 2.05) is 31.2 Å². The summed E-state index contributed by atoms with van der Waals surface area (Å²) in [6.45, 7) is 4.11. The number of nitrogens with two attached hydrogens (primary N) is 1. The van der Waals surface area contributed by atoms with Gasteiger partial charge in [0.25, 0.3) is 0 Å². The largest absolute Gasteiger partial charge is 0.496 e. The van der Waals surface area contributed by atoms with Crippen LogP contribution in [0, 0.1) is 13.8 Å². The molecule has 0 bridgehead atoms. The van der Waals surface area contributed by atoms with E-state index in [0.717, 1.165) is 26.9 Å². The Labute approximate surface area is 138 Å². The van der Waals surface area contributed by atoms with Gasteiger partial charge in [-0.2, -0.15) is 0 Å². The molecule has 0 aliphatic heterocycles. The number of ether oxygens (including phenoxy) is 1. The smallest absolute Gasteiger partial charge is 0.127 e. The molecule has 3 N–H and O–H groups in total. The molecule has 2 aromatic rings. The summed E-state index contributed by atoms with van der Waals surface area (Å²) < 4.78 is 6.42. The Morgan fingerprint density at radius 1 is 1.24 bits per heavy atom. The number of aryl methyl sites for hydroxylation is 1. The Hall–Kier alpha value is -1.07. The predicted octanol–water partition coefficient (Wildman–Crippen LogP) is 4.28. The minimum absolute atomic E-state index is 0.173. The first-order valence-corrected chi connectivity index (χ1v) is 7.71. The third kappa shape index (κ3) is 3.24. The van der Waals surface area contributed by atoms with Crippen LogP contribution in [0.5, 0.6) is 5.75 Å². The molecule has 0 heterocycles. The van der Waals surface area contributed by atoms with Crippen molar-refractivity contribution in [3.63, 3.8) is 0 Å². The van der Waals surface area contributed by atoms with Crippen LogP contribution in [0.25, 0.3) is 0 Å². The molecule has 1 unspecified atom stereocenters. The van der Waals surface area contributed by atoms with Gasteiger partial charge in [0.15, 0.2) is 0 Å². The van der Waals surface area contributed by atoms with E-state index >= 15 is 0 Å². The first-order chi connectivity index (χ1) is 9.99. The first-order valence-electron chi connectivity index (χ1n) is 6.54. The van der Waals surface area contributed by atoms with E-state index in [-0.39, 0.29) is 6.04 Å². The second kappa shape index (κ2) is 6.79. The number of benzene rings is 2. The second-order valence-electron chi connectivity index (χ2n) is 4.90. The lowest BCUT2D eigenvalue weighted by atomic mass is 9.94. The number of hydrogen-bond acceptors (Lipinski definition) is 3. The molecule has 112 valence electrons. The van der Waals surface area contributed by atoms with Crippen LogP contribution in [-0.4, -0.2) is 7.11 Å². The van der Waals surface area contributed by atoms with Crippen LogP contribution >= 0.6 is 27.5 Å². The molecular formula is C16H18BrClN2O. The molecule has 1 atom stereocenters. The van der Waals surface area contributed by atoms with Crippen molar-refractivity contribution in [1.29, 1.82) is 0 Å². The molecule has 3 nitrogen and oxygen atoms in total. The van der Waals surface area contributed by atoms with E-state index < -0.39 is 0 Å². The van der Waals surface area contributed by atoms with Crippen LogP contribution in [0.4, 0.5) is 0 Å². The van der Waals surface area contributed by atoms with Gasteiger partial charge in [-0.15, -0.1) is 0 Å². The van der Waals surface area contributed by atoms with E-state index in [2.05, 4.69) is 34.3 Å². The molecule has 2 aromatic carbocycles. The number of hydrazine groups is 1. The molecule has 21 heavy (non-hydrogen) atoms. The van der Waals surface area contributed by atoms with Crippen molar-refractivity contribution in [2.75, 3.05) is 7.11 Å². The predicted molar refractivity (Wildman–Crippen MR) is 90.8 cm³/mol.